The molecule has 25 heavy (non-hydrogen) atoms. The maximum absolute atomic E-state index is 13.7. The number of rotatable bonds is 5. The highest BCUT2D eigenvalue weighted by atomic mass is 32.2. The van der Waals surface area contributed by atoms with Gasteiger partial charge in [-0.05, 0) is 31.2 Å². The molecule has 0 atom stereocenters. The van der Waals surface area contributed by atoms with Crippen molar-refractivity contribution in [1.29, 1.82) is 0 Å². The third kappa shape index (κ3) is 4.22. The van der Waals surface area contributed by atoms with Crippen LogP contribution in [0.15, 0.2) is 33.6 Å². The van der Waals surface area contributed by atoms with Gasteiger partial charge in [0.2, 0.25) is 15.8 Å². The minimum atomic E-state index is -4.10. The van der Waals surface area contributed by atoms with Crippen molar-refractivity contribution in [3.63, 3.8) is 0 Å². The van der Waals surface area contributed by atoms with Crippen molar-refractivity contribution in [1.82, 2.24) is 0 Å². The fraction of sp³-hybridized carbons (Fsp3) is 0.200. The van der Waals surface area contributed by atoms with Gasteiger partial charge in [0.15, 0.2) is 0 Å². The molecule has 0 unspecified atom stereocenters. The molecular formula is C15H14FNO7S. The van der Waals surface area contributed by atoms with Gasteiger partial charge in [0, 0.05) is 5.56 Å². The van der Waals surface area contributed by atoms with Crippen molar-refractivity contribution in [2.75, 3.05) is 7.11 Å². The lowest BCUT2D eigenvalue weighted by Crippen LogP contribution is -2.14. The predicted molar refractivity (Wildman–Crippen MR) is 81.7 cm³/mol. The molecule has 0 saturated carbocycles. The molecule has 0 aliphatic rings. The van der Waals surface area contributed by atoms with Crippen LogP contribution < -0.4 is 5.14 Å². The molecule has 2 N–H and O–H groups in total. The minimum Gasteiger partial charge on any atom is -0.463 e. The molecule has 2 aromatic rings. The van der Waals surface area contributed by atoms with Crippen molar-refractivity contribution >= 4 is 22.0 Å². The maximum Gasteiger partial charge on any atom is 0.374 e. The summed E-state index contributed by atoms with van der Waals surface area (Å²) in [6.07, 6.45) is 0. The first-order chi connectivity index (χ1) is 11.6. The van der Waals surface area contributed by atoms with Gasteiger partial charge in [0.25, 0.3) is 0 Å². The Balaban J connectivity index is 2.17. The van der Waals surface area contributed by atoms with Crippen LogP contribution in [0.25, 0.3) is 0 Å². The molecule has 0 fully saturated rings. The number of carbonyl (C=O) groups excluding carboxylic acids is 2. The van der Waals surface area contributed by atoms with E-state index in [4.69, 9.17) is 14.3 Å². The van der Waals surface area contributed by atoms with Gasteiger partial charge in [-0.15, -0.1) is 0 Å². The highest BCUT2D eigenvalue weighted by Crippen LogP contribution is 2.19. The van der Waals surface area contributed by atoms with Crippen LogP contribution >= 0.6 is 0 Å². The van der Waals surface area contributed by atoms with Crippen molar-refractivity contribution in [2.24, 2.45) is 5.14 Å². The minimum absolute atomic E-state index is 0.0454. The molecule has 1 aromatic carbocycles. The van der Waals surface area contributed by atoms with E-state index >= 15 is 0 Å². The number of hydrogen-bond donors (Lipinski definition) is 1. The smallest absolute Gasteiger partial charge is 0.374 e. The first-order valence-electron chi connectivity index (χ1n) is 6.80. The van der Waals surface area contributed by atoms with Crippen molar-refractivity contribution in [3.8, 4) is 0 Å². The summed E-state index contributed by atoms with van der Waals surface area (Å²) in [6, 6.07) is 3.96. The van der Waals surface area contributed by atoms with E-state index in [2.05, 4.69) is 4.74 Å². The zero-order chi connectivity index (χ0) is 18.8. The second-order valence-corrected chi connectivity index (χ2v) is 6.54. The summed E-state index contributed by atoms with van der Waals surface area (Å²) in [7, 11) is -2.92. The van der Waals surface area contributed by atoms with E-state index in [0.717, 1.165) is 18.2 Å². The zero-order valence-corrected chi connectivity index (χ0v) is 14.1. The molecule has 0 spiro atoms. The fourth-order valence-corrected chi connectivity index (χ4v) is 2.51. The van der Waals surface area contributed by atoms with Crippen LogP contribution in [0.4, 0.5) is 4.39 Å². The summed E-state index contributed by atoms with van der Waals surface area (Å²) in [5, 5.41) is 4.94. The van der Waals surface area contributed by atoms with Crippen LogP contribution in [0, 0.1) is 12.7 Å². The lowest BCUT2D eigenvalue weighted by molar-refractivity contribution is 0.0433. The van der Waals surface area contributed by atoms with Crippen molar-refractivity contribution in [2.45, 2.75) is 18.4 Å². The lowest BCUT2D eigenvalue weighted by atomic mass is 10.2. The molecular weight excluding hydrogens is 357 g/mol. The first-order valence-corrected chi connectivity index (χ1v) is 8.35. The number of sulfonamides is 1. The van der Waals surface area contributed by atoms with Gasteiger partial charge >= 0.3 is 11.9 Å². The summed E-state index contributed by atoms with van der Waals surface area (Å²) in [4.78, 5) is 23.0. The molecule has 1 aromatic heterocycles. The number of benzene rings is 1. The van der Waals surface area contributed by atoms with Crippen LogP contribution in [0.1, 0.15) is 32.2 Å². The first kappa shape index (κ1) is 18.6. The Bertz CT molecular complexity index is 933. The highest BCUT2D eigenvalue weighted by Gasteiger charge is 2.20. The number of carbonyl (C=O) groups is 2. The Morgan fingerprint density at radius 1 is 1.24 bits per heavy atom. The van der Waals surface area contributed by atoms with Crippen LogP contribution in [-0.4, -0.2) is 27.5 Å². The number of esters is 2. The summed E-state index contributed by atoms with van der Waals surface area (Å²) < 4.78 is 50.9. The zero-order valence-electron chi connectivity index (χ0n) is 13.2. The molecule has 0 aliphatic carbocycles. The van der Waals surface area contributed by atoms with Crippen LogP contribution in [-0.2, 0) is 26.1 Å². The van der Waals surface area contributed by atoms with Gasteiger partial charge in [-0.2, -0.15) is 0 Å². The molecule has 10 heteroatoms. The third-order valence-electron chi connectivity index (χ3n) is 3.17. The van der Waals surface area contributed by atoms with Crippen LogP contribution in [0.3, 0.4) is 0 Å². The van der Waals surface area contributed by atoms with Crippen molar-refractivity contribution in [3.05, 3.63) is 52.7 Å². The normalized spacial score (nSPS) is 11.2. The van der Waals surface area contributed by atoms with Gasteiger partial charge in [0.1, 0.15) is 18.2 Å². The number of nitrogens with two attached hydrogens (primary N) is 1. The second-order valence-electron chi connectivity index (χ2n) is 4.98. The van der Waals surface area contributed by atoms with Crippen LogP contribution in [0.2, 0.25) is 0 Å². The molecule has 0 radical (unpaired) electrons. The number of primary sulfonamides is 1. The molecule has 1 heterocycles. The maximum atomic E-state index is 13.7. The van der Waals surface area contributed by atoms with Gasteiger partial charge in [-0.3, -0.25) is 0 Å². The van der Waals surface area contributed by atoms with Crippen molar-refractivity contribution < 1.29 is 36.3 Å². The van der Waals surface area contributed by atoms with Crippen LogP contribution in [0.5, 0.6) is 0 Å². The summed E-state index contributed by atoms with van der Waals surface area (Å²) in [5.74, 6) is -2.69. The fourth-order valence-electron chi connectivity index (χ4n) is 1.97. The quantitative estimate of drug-likeness (QED) is 0.790. The average Bonchev–Trinajstić information content (AvgIpc) is 2.92. The van der Waals surface area contributed by atoms with Gasteiger partial charge < -0.3 is 13.9 Å². The number of halogens is 1. The number of methoxy groups -OCH3 is 1. The molecule has 0 aliphatic heterocycles. The van der Waals surface area contributed by atoms with E-state index in [0.29, 0.717) is 5.56 Å². The van der Waals surface area contributed by atoms with Gasteiger partial charge in [-0.25, -0.2) is 27.5 Å². The van der Waals surface area contributed by atoms with E-state index in [1.54, 1.807) is 6.92 Å². The van der Waals surface area contributed by atoms with Gasteiger partial charge in [-0.1, -0.05) is 0 Å². The summed E-state index contributed by atoms with van der Waals surface area (Å²) in [6.45, 7) is 1.20. The van der Waals surface area contributed by atoms with E-state index in [1.807, 2.05) is 0 Å². The molecule has 134 valence electrons. The molecule has 8 nitrogen and oxygen atoms in total. The van der Waals surface area contributed by atoms with E-state index < -0.39 is 44.8 Å². The summed E-state index contributed by atoms with van der Waals surface area (Å²) >= 11 is 0. The second kappa shape index (κ2) is 7.03. The number of hydrogen-bond acceptors (Lipinski definition) is 7. The largest absolute Gasteiger partial charge is 0.463 e. The van der Waals surface area contributed by atoms with E-state index in [9.17, 15) is 22.4 Å². The average molecular weight is 371 g/mol. The number of ether oxygens (including phenoxy) is 2. The lowest BCUT2D eigenvalue weighted by Gasteiger charge is -2.06. The van der Waals surface area contributed by atoms with Gasteiger partial charge in [0.05, 0.1) is 17.6 Å². The monoisotopic (exact) mass is 371 g/mol. The van der Waals surface area contributed by atoms with E-state index in [1.165, 1.54) is 13.2 Å². The Morgan fingerprint density at radius 2 is 1.92 bits per heavy atom. The highest BCUT2D eigenvalue weighted by molar-refractivity contribution is 7.89. The predicted octanol–water partition coefficient (Wildman–Crippen LogP) is 1.52. The summed E-state index contributed by atoms with van der Waals surface area (Å²) in [5.41, 5.74) is -0.122. The SMILES string of the molecule is COC(=O)c1oc(COC(=O)c2cc(S(N)(=O)=O)ccc2F)cc1C. The Labute approximate surface area is 142 Å². The Kier molecular flexibility index (Phi) is 5.24. The molecule has 0 amide bonds. The number of aryl methyl sites for hydroxylation is 1. The third-order valence-corrected chi connectivity index (χ3v) is 4.08. The Morgan fingerprint density at radius 3 is 2.52 bits per heavy atom. The van der Waals surface area contributed by atoms with E-state index in [-0.39, 0.29) is 11.5 Å². The molecule has 0 bridgehead atoms. The standard InChI is InChI=1S/C15H14FNO7S/c1-8-5-9(24-13(8)15(19)22-2)7-23-14(18)11-6-10(25(17,20)21)3-4-12(11)16/h3-6H,7H2,1-2H3,(H2,17,20,21). The topological polar surface area (TPSA) is 126 Å². The molecule has 2 rings (SSSR count). The molecule has 0 saturated heterocycles. The number of furan rings is 1. The Hall–Kier alpha value is -2.72.